The first kappa shape index (κ1) is 16.4. The summed E-state index contributed by atoms with van der Waals surface area (Å²) in [7, 11) is 0. The molecule has 1 aromatic rings. The van der Waals surface area contributed by atoms with Crippen LogP contribution in [0.5, 0.6) is 5.75 Å². The molecule has 2 rings (SSSR count). The van der Waals surface area contributed by atoms with E-state index in [1.807, 2.05) is 0 Å². The number of hydrogen-bond acceptors (Lipinski definition) is 2. The Balaban J connectivity index is 1.91. The third-order valence-corrected chi connectivity index (χ3v) is 4.59. The molecule has 0 aromatic heterocycles. The molecule has 1 fully saturated rings. The van der Waals surface area contributed by atoms with Gasteiger partial charge in [0.15, 0.2) is 0 Å². The van der Waals surface area contributed by atoms with Gasteiger partial charge in [-0.25, -0.2) is 0 Å². The Kier molecular flexibility index (Phi) is 5.69. The van der Waals surface area contributed by atoms with Gasteiger partial charge in [-0.2, -0.15) is 0 Å². The molecule has 1 saturated carbocycles. The van der Waals surface area contributed by atoms with Crippen LogP contribution in [-0.4, -0.2) is 19.2 Å². The minimum atomic E-state index is 0.203. The molecule has 1 aromatic carbocycles. The zero-order valence-electron chi connectivity index (χ0n) is 14.1. The monoisotopic (exact) mass is 289 g/mol. The molecule has 0 amide bonds. The van der Waals surface area contributed by atoms with Crippen molar-refractivity contribution in [3.8, 4) is 5.75 Å². The molecule has 1 N–H and O–H groups in total. The summed E-state index contributed by atoms with van der Waals surface area (Å²) in [6, 6.07) is 9.09. The van der Waals surface area contributed by atoms with E-state index in [4.69, 9.17) is 4.74 Å². The van der Waals surface area contributed by atoms with Gasteiger partial charge in [0.25, 0.3) is 0 Å². The Morgan fingerprint density at radius 2 is 1.76 bits per heavy atom. The van der Waals surface area contributed by atoms with E-state index in [0.717, 1.165) is 24.8 Å². The van der Waals surface area contributed by atoms with E-state index in [9.17, 15) is 0 Å². The standard InChI is InChI=1S/C19H31NO/c1-5-20-18(15-8-6-7-9-15)14-21-17-12-10-16(11-13-17)19(2,3)4/h10-13,15,18,20H,5-9,14H2,1-4H3. The predicted octanol–water partition coefficient (Wildman–Crippen LogP) is 4.53. The first-order chi connectivity index (χ1) is 10.0. The zero-order chi connectivity index (χ0) is 15.3. The normalized spacial score (nSPS) is 17.9. The Morgan fingerprint density at radius 1 is 1.14 bits per heavy atom. The Labute approximate surface area is 130 Å². The molecular formula is C19H31NO. The lowest BCUT2D eigenvalue weighted by Crippen LogP contribution is -2.40. The van der Waals surface area contributed by atoms with Crippen molar-refractivity contribution in [3.05, 3.63) is 29.8 Å². The highest BCUT2D eigenvalue weighted by atomic mass is 16.5. The average molecular weight is 289 g/mol. The summed E-state index contributed by atoms with van der Waals surface area (Å²) in [4.78, 5) is 0. The number of hydrogen-bond donors (Lipinski definition) is 1. The van der Waals surface area contributed by atoms with Crippen molar-refractivity contribution in [1.29, 1.82) is 0 Å². The molecule has 2 nitrogen and oxygen atoms in total. The predicted molar refractivity (Wildman–Crippen MR) is 90.1 cm³/mol. The van der Waals surface area contributed by atoms with Gasteiger partial charge in [0.2, 0.25) is 0 Å². The summed E-state index contributed by atoms with van der Waals surface area (Å²) in [5, 5.41) is 3.61. The van der Waals surface area contributed by atoms with Crippen LogP contribution in [0.3, 0.4) is 0 Å². The van der Waals surface area contributed by atoms with Gasteiger partial charge in [-0.3, -0.25) is 0 Å². The molecule has 0 radical (unpaired) electrons. The van der Waals surface area contributed by atoms with Gasteiger partial charge >= 0.3 is 0 Å². The number of ether oxygens (including phenoxy) is 1. The van der Waals surface area contributed by atoms with Crippen molar-refractivity contribution in [2.75, 3.05) is 13.2 Å². The second-order valence-electron chi connectivity index (χ2n) is 7.29. The number of benzene rings is 1. The molecule has 1 atom stereocenters. The molecule has 0 spiro atoms. The highest BCUT2D eigenvalue weighted by molar-refractivity contribution is 5.31. The van der Waals surface area contributed by atoms with E-state index in [-0.39, 0.29) is 5.41 Å². The third kappa shape index (κ3) is 4.74. The molecule has 118 valence electrons. The second kappa shape index (κ2) is 7.31. The van der Waals surface area contributed by atoms with Crippen molar-refractivity contribution in [2.24, 2.45) is 5.92 Å². The van der Waals surface area contributed by atoms with Crippen LogP contribution in [0.25, 0.3) is 0 Å². The molecule has 0 bridgehead atoms. The molecule has 1 aliphatic carbocycles. The number of likely N-dealkylation sites (N-methyl/N-ethyl adjacent to an activating group) is 1. The van der Waals surface area contributed by atoms with Crippen molar-refractivity contribution in [3.63, 3.8) is 0 Å². The minimum Gasteiger partial charge on any atom is -0.492 e. The van der Waals surface area contributed by atoms with Crippen LogP contribution in [-0.2, 0) is 5.41 Å². The molecule has 1 unspecified atom stereocenters. The lowest BCUT2D eigenvalue weighted by molar-refractivity contribution is 0.219. The third-order valence-electron chi connectivity index (χ3n) is 4.59. The van der Waals surface area contributed by atoms with Crippen LogP contribution >= 0.6 is 0 Å². The fourth-order valence-corrected chi connectivity index (χ4v) is 3.22. The number of rotatable bonds is 6. The number of nitrogens with one attached hydrogen (secondary N) is 1. The lowest BCUT2D eigenvalue weighted by Gasteiger charge is -2.25. The van der Waals surface area contributed by atoms with E-state index in [0.29, 0.717) is 6.04 Å². The molecule has 21 heavy (non-hydrogen) atoms. The van der Waals surface area contributed by atoms with Gasteiger partial charge in [0.05, 0.1) is 0 Å². The summed E-state index contributed by atoms with van der Waals surface area (Å²) < 4.78 is 6.04. The van der Waals surface area contributed by atoms with Gasteiger partial charge in [0.1, 0.15) is 12.4 Å². The first-order valence-electron chi connectivity index (χ1n) is 8.47. The van der Waals surface area contributed by atoms with Crippen LogP contribution in [0.15, 0.2) is 24.3 Å². The molecular weight excluding hydrogens is 258 g/mol. The summed E-state index contributed by atoms with van der Waals surface area (Å²) in [6.07, 6.45) is 5.47. The summed E-state index contributed by atoms with van der Waals surface area (Å²) >= 11 is 0. The van der Waals surface area contributed by atoms with Crippen LogP contribution < -0.4 is 10.1 Å². The van der Waals surface area contributed by atoms with Gasteiger partial charge in [0, 0.05) is 6.04 Å². The Hall–Kier alpha value is -1.02. The summed E-state index contributed by atoms with van der Waals surface area (Å²) in [6.45, 7) is 10.7. The molecule has 1 aliphatic rings. The fraction of sp³-hybridized carbons (Fsp3) is 0.684. The highest BCUT2D eigenvalue weighted by Crippen LogP contribution is 2.28. The van der Waals surface area contributed by atoms with Gasteiger partial charge in [-0.1, -0.05) is 52.7 Å². The van der Waals surface area contributed by atoms with Crippen molar-refractivity contribution in [2.45, 2.75) is 64.8 Å². The maximum absolute atomic E-state index is 6.04. The Bertz CT molecular complexity index is 412. The topological polar surface area (TPSA) is 21.3 Å². The van der Waals surface area contributed by atoms with Crippen molar-refractivity contribution < 1.29 is 4.74 Å². The average Bonchev–Trinajstić information content (AvgIpc) is 2.97. The van der Waals surface area contributed by atoms with E-state index in [2.05, 4.69) is 57.3 Å². The van der Waals surface area contributed by atoms with Gasteiger partial charge in [-0.05, 0) is 48.4 Å². The van der Waals surface area contributed by atoms with Gasteiger partial charge in [-0.15, -0.1) is 0 Å². The summed E-state index contributed by atoms with van der Waals surface area (Å²) in [5.74, 6) is 1.78. The first-order valence-corrected chi connectivity index (χ1v) is 8.47. The zero-order valence-corrected chi connectivity index (χ0v) is 14.1. The van der Waals surface area contributed by atoms with Gasteiger partial charge < -0.3 is 10.1 Å². The fourth-order valence-electron chi connectivity index (χ4n) is 3.22. The smallest absolute Gasteiger partial charge is 0.119 e. The van der Waals surface area contributed by atoms with E-state index in [1.54, 1.807) is 0 Å². The van der Waals surface area contributed by atoms with Crippen LogP contribution in [0.1, 0.15) is 58.9 Å². The molecule has 0 heterocycles. The summed E-state index contributed by atoms with van der Waals surface area (Å²) in [5.41, 5.74) is 1.56. The van der Waals surface area contributed by atoms with E-state index in [1.165, 1.54) is 31.2 Å². The largest absolute Gasteiger partial charge is 0.492 e. The lowest BCUT2D eigenvalue weighted by atomic mass is 9.87. The van der Waals surface area contributed by atoms with Crippen molar-refractivity contribution in [1.82, 2.24) is 5.32 Å². The SMILES string of the molecule is CCNC(COc1ccc(C(C)(C)C)cc1)C1CCCC1. The van der Waals surface area contributed by atoms with E-state index >= 15 is 0 Å². The minimum absolute atomic E-state index is 0.203. The molecule has 0 saturated heterocycles. The van der Waals surface area contributed by atoms with Crippen LogP contribution in [0, 0.1) is 5.92 Å². The van der Waals surface area contributed by atoms with Crippen molar-refractivity contribution >= 4 is 0 Å². The second-order valence-corrected chi connectivity index (χ2v) is 7.29. The maximum Gasteiger partial charge on any atom is 0.119 e. The Morgan fingerprint density at radius 3 is 2.29 bits per heavy atom. The molecule has 0 aliphatic heterocycles. The molecule has 2 heteroatoms. The maximum atomic E-state index is 6.04. The highest BCUT2D eigenvalue weighted by Gasteiger charge is 2.24. The quantitative estimate of drug-likeness (QED) is 0.830. The van der Waals surface area contributed by atoms with Crippen LogP contribution in [0.4, 0.5) is 0 Å². The van der Waals surface area contributed by atoms with E-state index < -0.39 is 0 Å². The van der Waals surface area contributed by atoms with Crippen LogP contribution in [0.2, 0.25) is 0 Å².